The second-order valence-corrected chi connectivity index (χ2v) is 5.58. The molecule has 2 saturated heterocycles. The van der Waals surface area contributed by atoms with Crippen LogP contribution in [0.4, 0.5) is 0 Å². The van der Waals surface area contributed by atoms with Gasteiger partial charge < -0.3 is 55.1 Å². The molecule has 0 unspecified atom stereocenters. The van der Waals surface area contributed by atoms with Crippen molar-refractivity contribution in [2.45, 2.75) is 54.8 Å². The summed E-state index contributed by atoms with van der Waals surface area (Å²) >= 11 is 0. The van der Waals surface area contributed by atoms with Crippen LogP contribution in [0.25, 0.3) is 0 Å². The molecule has 0 saturated carbocycles. The Morgan fingerprint density at radius 1 is 1.00 bits per heavy atom. The van der Waals surface area contributed by atoms with Crippen molar-refractivity contribution in [2.75, 3.05) is 19.8 Å². The lowest BCUT2D eigenvalue weighted by atomic mass is 9.93. The highest BCUT2D eigenvalue weighted by molar-refractivity contribution is 4.98. The van der Waals surface area contributed by atoms with Gasteiger partial charge in [-0.1, -0.05) is 0 Å². The Kier molecular flexibility index (Phi) is 5.92. The lowest BCUT2D eigenvalue weighted by Gasteiger charge is -2.49. The van der Waals surface area contributed by atoms with Crippen LogP contribution in [0.5, 0.6) is 0 Å². The van der Waals surface area contributed by atoms with Gasteiger partial charge in [-0.25, -0.2) is 0 Å². The molecule has 8 N–H and O–H groups in total. The Hall–Kier alpha value is -0.440. The number of hydrogen-bond donors (Lipinski definition) is 8. The summed E-state index contributed by atoms with van der Waals surface area (Å²) in [4.78, 5) is 0. The predicted octanol–water partition coefficient (Wildman–Crippen LogP) is -5.40. The SMILES string of the molecule is OC[C@H]1O[C@H](O)[C@H](O)[C@@H](O)[C@@H]1O[C@@]1(O)[C@H](O)[C@@H](O)CO[C@@H]1CO. The minimum atomic E-state index is -2.64. The van der Waals surface area contributed by atoms with E-state index < -0.39 is 68.0 Å². The fraction of sp³-hybridized carbons (Fsp3) is 1.00. The Morgan fingerprint density at radius 2 is 1.65 bits per heavy atom. The average molecular weight is 342 g/mol. The second kappa shape index (κ2) is 7.21. The molecule has 0 spiro atoms. The highest BCUT2D eigenvalue weighted by Crippen LogP contribution is 2.33. The number of aliphatic hydroxyl groups is 8. The smallest absolute Gasteiger partial charge is 0.224 e. The van der Waals surface area contributed by atoms with E-state index in [2.05, 4.69) is 0 Å². The van der Waals surface area contributed by atoms with Crippen LogP contribution < -0.4 is 0 Å². The Morgan fingerprint density at radius 3 is 2.22 bits per heavy atom. The van der Waals surface area contributed by atoms with E-state index >= 15 is 0 Å². The van der Waals surface area contributed by atoms with Crippen molar-refractivity contribution in [1.29, 1.82) is 0 Å². The molecule has 136 valence electrons. The van der Waals surface area contributed by atoms with Crippen LogP contribution in [0.1, 0.15) is 0 Å². The number of ether oxygens (including phenoxy) is 3. The first-order valence-electron chi connectivity index (χ1n) is 7.05. The van der Waals surface area contributed by atoms with E-state index in [4.69, 9.17) is 14.2 Å². The quantitative estimate of drug-likeness (QED) is 0.228. The zero-order valence-corrected chi connectivity index (χ0v) is 12.0. The normalized spacial score (nSPS) is 51.7. The Labute approximate surface area is 130 Å². The van der Waals surface area contributed by atoms with Gasteiger partial charge in [0.15, 0.2) is 6.29 Å². The van der Waals surface area contributed by atoms with Crippen LogP contribution in [-0.2, 0) is 14.2 Å². The molecule has 0 aromatic rings. The van der Waals surface area contributed by atoms with E-state index in [1.807, 2.05) is 0 Å². The van der Waals surface area contributed by atoms with Crippen LogP contribution in [0.2, 0.25) is 0 Å². The van der Waals surface area contributed by atoms with Crippen molar-refractivity contribution >= 4 is 0 Å². The molecule has 0 aromatic heterocycles. The molecule has 11 nitrogen and oxygen atoms in total. The fourth-order valence-electron chi connectivity index (χ4n) is 2.65. The first-order chi connectivity index (χ1) is 10.8. The topological polar surface area (TPSA) is 190 Å². The molecular weight excluding hydrogens is 320 g/mol. The molecule has 2 heterocycles. The summed E-state index contributed by atoms with van der Waals surface area (Å²) in [6.07, 6.45) is -13.2. The third kappa shape index (κ3) is 3.36. The van der Waals surface area contributed by atoms with E-state index in [0.717, 1.165) is 0 Å². The zero-order chi connectivity index (χ0) is 17.4. The third-order valence-corrected chi connectivity index (χ3v) is 4.05. The van der Waals surface area contributed by atoms with Crippen molar-refractivity contribution in [2.24, 2.45) is 0 Å². The largest absolute Gasteiger partial charge is 0.394 e. The van der Waals surface area contributed by atoms with E-state index in [0.29, 0.717) is 0 Å². The van der Waals surface area contributed by atoms with Gasteiger partial charge in [0.05, 0.1) is 19.8 Å². The monoisotopic (exact) mass is 342 g/mol. The number of hydrogen-bond acceptors (Lipinski definition) is 11. The molecule has 0 radical (unpaired) electrons. The van der Waals surface area contributed by atoms with Gasteiger partial charge in [-0.05, 0) is 0 Å². The van der Waals surface area contributed by atoms with Crippen LogP contribution in [0, 0.1) is 0 Å². The van der Waals surface area contributed by atoms with Crippen LogP contribution in [-0.4, -0.2) is 115 Å². The van der Waals surface area contributed by atoms with Crippen molar-refractivity contribution < 1.29 is 55.1 Å². The summed E-state index contributed by atoms with van der Waals surface area (Å²) in [5.74, 6) is -2.64. The highest BCUT2D eigenvalue weighted by Gasteiger charge is 2.56. The van der Waals surface area contributed by atoms with Crippen LogP contribution >= 0.6 is 0 Å². The first-order valence-corrected chi connectivity index (χ1v) is 7.05. The van der Waals surface area contributed by atoms with E-state index in [1.165, 1.54) is 0 Å². The molecule has 0 bridgehead atoms. The van der Waals surface area contributed by atoms with Gasteiger partial charge in [0.1, 0.15) is 42.7 Å². The average Bonchev–Trinajstić information content (AvgIpc) is 2.53. The van der Waals surface area contributed by atoms with Gasteiger partial charge >= 0.3 is 0 Å². The van der Waals surface area contributed by atoms with Crippen molar-refractivity contribution in [3.05, 3.63) is 0 Å². The summed E-state index contributed by atoms with van der Waals surface area (Å²) in [6.45, 7) is -1.89. The van der Waals surface area contributed by atoms with Gasteiger partial charge in [0.2, 0.25) is 5.79 Å². The van der Waals surface area contributed by atoms with Gasteiger partial charge in [-0.3, -0.25) is 0 Å². The molecule has 2 fully saturated rings. The summed E-state index contributed by atoms with van der Waals surface area (Å²) in [7, 11) is 0. The minimum absolute atomic E-state index is 0.369. The number of aliphatic hydroxyl groups excluding tert-OH is 7. The van der Waals surface area contributed by atoms with Crippen LogP contribution in [0.15, 0.2) is 0 Å². The fourth-order valence-corrected chi connectivity index (χ4v) is 2.65. The maximum atomic E-state index is 10.5. The van der Waals surface area contributed by atoms with Crippen LogP contribution in [0.3, 0.4) is 0 Å². The molecule has 9 atom stereocenters. The molecule has 0 aliphatic carbocycles. The molecular formula is C12H22O11. The van der Waals surface area contributed by atoms with Crippen molar-refractivity contribution in [3.8, 4) is 0 Å². The van der Waals surface area contributed by atoms with E-state index in [9.17, 15) is 40.9 Å². The lowest BCUT2D eigenvalue weighted by molar-refractivity contribution is -0.397. The maximum absolute atomic E-state index is 10.5. The van der Waals surface area contributed by atoms with E-state index in [-0.39, 0.29) is 6.61 Å². The second-order valence-electron chi connectivity index (χ2n) is 5.58. The van der Waals surface area contributed by atoms with Gasteiger partial charge in [0, 0.05) is 0 Å². The molecule has 0 aromatic carbocycles. The van der Waals surface area contributed by atoms with Crippen molar-refractivity contribution in [1.82, 2.24) is 0 Å². The van der Waals surface area contributed by atoms with Gasteiger partial charge in [-0.15, -0.1) is 0 Å². The zero-order valence-electron chi connectivity index (χ0n) is 12.0. The Bertz CT molecular complexity index is 389. The molecule has 0 amide bonds. The molecule has 11 heteroatoms. The lowest BCUT2D eigenvalue weighted by Crippen LogP contribution is -2.70. The molecule has 2 rings (SSSR count). The first kappa shape index (κ1) is 18.9. The van der Waals surface area contributed by atoms with E-state index in [1.54, 1.807) is 0 Å². The molecule has 23 heavy (non-hydrogen) atoms. The predicted molar refractivity (Wildman–Crippen MR) is 68.6 cm³/mol. The summed E-state index contributed by atoms with van der Waals surface area (Å²) in [6, 6.07) is 0. The maximum Gasteiger partial charge on any atom is 0.224 e. The van der Waals surface area contributed by atoms with Gasteiger partial charge in [0.25, 0.3) is 0 Å². The third-order valence-electron chi connectivity index (χ3n) is 4.05. The molecule has 2 aliphatic heterocycles. The van der Waals surface area contributed by atoms with Crippen molar-refractivity contribution in [3.63, 3.8) is 0 Å². The standard InChI is InChI=1S/C12H22O11/c13-1-5-9(7(16)8(17)11(19)22-5)23-12(20)6(2-14)21-3-4(15)10(12)18/h4-11,13-20H,1-3H2/t4-,5+,6+,7+,8+,9+,10+,11-,12+/m0/s1. The summed E-state index contributed by atoms with van der Waals surface area (Å²) < 4.78 is 15.0. The Balaban J connectivity index is 2.25. The highest BCUT2D eigenvalue weighted by atomic mass is 16.7. The summed E-state index contributed by atoms with van der Waals surface area (Å²) in [5, 5.41) is 77.6. The molecule has 2 aliphatic rings. The minimum Gasteiger partial charge on any atom is -0.394 e. The van der Waals surface area contributed by atoms with Gasteiger partial charge in [-0.2, -0.15) is 0 Å². The summed E-state index contributed by atoms with van der Waals surface area (Å²) in [5.41, 5.74) is 0. The number of rotatable bonds is 4.